The quantitative estimate of drug-likeness (QED) is 0.905. The number of hydrogen-bond acceptors (Lipinski definition) is 3. The van der Waals surface area contributed by atoms with E-state index in [-0.39, 0.29) is 6.04 Å². The van der Waals surface area contributed by atoms with Gasteiger partial charge in [0, 0.05) is 12.2 Å². The van der Waals surface area contributed by atoms with Gasteiger partial charge in [-0.25, -0.2) is 0 Å². The summed E-state index contributed by atoms with van der Waals surface area (Å²) in [6, 6.07) is 1.68. The standard InChI is InChI=1S/C13H14BrF3N4/c1-7(2)21-12(9(14)6-20-21)11(18)10-4-3-8(5-19-10)13(15,16)17/h3-7,11H,18H2,1-2H3. The monoisotopic (exact) mass is 362 g/mol. The first-order chi connectivity index (χ1) is 9.71. The molecule has 0 amide bonds. The van der Waals surface area contributed by atoms with Crippen molar-refractivity contribution in [1.82, 2.24) is 14.8 Å². The lowest BCUT2D eigenvalue weighted by atomic mass is 10.1. The Balaban J connectivity index is 2.37. The summed E-state index contributed by atoms with van der Waals surface area (Å²) in [5, 5.41) is 4.20. The van der Waals surface area contributed by atoms with Crippen molar-refractivity contribution in [3.8, 4) is 0 Å². The Kier molecular flexibility index (Phi) is 4.38. The Morgan fingerprint density at radius 2 is 1.90 bits per heavy atom. The van der Waals surface area contributed by atoms with Gasteiger partial charge in [0.15, 0.2) is 0 Å². The molecule has 8 heteroatoms. The molecule has 0 aliphatic carbocycles. The van der Waals surface area contributed by atoms with Crippen LogP contribution in [0.4, 0.5) is 13.2 Å². The second kappa shape index (κ2) is 5.76. The van der Waals surface area contributed by atoms with Crippen molar-refractivity contribution in [2.75, 3.05) is 0 Å². The molecule has 0 radical (unpaired) electrons. The van der Waals surface area contributed by atoms with Gasteiger partial charge < -0.3 is 5.73 Å². The van der Waals surface area contributed by atoms with Crippen molar-refractivity contribution < 1.29 is 13.2 Å². The van der Waals surface area contributed by atoms with Crippen LogP contribution in [0.15, 0.2) is 29.0 Å². The lowest BCUT2D eigenvalue weighted by Crippen LogP contribution is -2.20. The maximum atomic E-state index is 12.5. The Morgan fingerprint density at radius 1 is 1.24 bits per heavy atom. The van der Waals surface area contributed by atoms with Crippen molar-refractivity contribution in [3.05, 3.63) is 46.0 Å². The van der Waals surface area contributed by atoms with Gasteiger partial charge in [-0.1, -0.05) is 0 Å². The number of aromatic nitrogens is 3. The number of halogens is 4. The van der Waals surface area contributed by atoms with Gasteiger partial charge in [0.05, 0.1) is 33.7 Å². The van der Waals surface area contributed by atoms with Gasteiger partial charge in [0.25, 0.3) is 0 Å². The van der Waals surface area contributed by atoms with E-state index in [9.17, 15) is 13.2 Å². The number of rotatable bonds is 3. The van der Waals surface area contributed by atoms with E-state index in [0.717, 1.165) is 12.3 Å². The third-order valence-corrected chi connectivity index (χ3v) is 3.61. The Hall–Kier alpha value is -1.41. The molecule has 2 aromatic heterocycles. The Morgan fingerprint density at radius 3 is 2.38 bits per heavy atom. The molecule has 1 unspecified atom stereocenters. The van der Waals surface area contributed by atoms with E-state index >= 15 is 0 Å². The molecule has 1 atom stereocenters. The molecule has 0 aliphatic heterocycles. The van der Waals surface area contributed by atoms with Gasteiger partial charge in [0.1, 0.15) is 0 Å². The Bertz CT molecular complexity index is 619. The smallest absolute Gasteiger partial charge is 0.318 e. The summed E-state index contributed by atoms with van der Waals surface area (Å²) in [5.41, 5.74) is 6.36. The van der Waals surface area contributed by atoms with Gasteiger partial charge in [-0.2, -0.15) is 18.3 Å². The molecule has 0 saturated heterocycles. The van der Waals surface area contributed by atoms with Crippen LogP contribution in [0.2, 0.25) is 0 Å². The van der Waals surface area contributed by atoms with Crippen LogP contribution in [0, 0.1) is 0 Å². The molecule has 0 fully saturated rings. The maximum absolute atomic E-state index is 12.5. The lowest BCUT2D eigenvalue weighted by Gasteiger charge is -2.17. The molecule has 0 saturated carbocycles. The van der Waals surface area contributed by atoms with E-state index in [1.165, 1.54) is 6.07 Å². The summed E-state index contributed by atoms with van der Waals surface area (Å²) in [7, 11) is 0. The molecule has 0 spiro atoms. The largest absolute Gasteiger partial charge is 0.417 e. The van der Waals surface area contributed by atoms with Crippen molar-refractivity contribution in [2.24, 2.45) is 5.73 Å². The van der Waals surface area contributed by atoms with Crippen molar-refractivity contribution in [1.29, 1.82) is 0 Å². The first-order valence-corrected chi connectivity index (χ1v) is 7.02. The predicted octanol–water partition coefficient (Wildman–Crippen LogP) is 3.69. The molecule has 2 rings (SSSR count). The lowest BCUT2D eigenvalue weighted by molar-refractivity contribution is -0.137. The number of pyridine rings is 1. The highest BCUT2D eigenvalue weighted by molar-refractivity contribution is 9.10. The van der Waals surface area contributed by atoms with Crippen LogP contribution < -0.4 is 5.73 Å². The minimum atomic E-state index is -4.41. The van der Waals surface area contributed by atoms with E-state index in [1.54, 1.807) is 10.9 Å². The van der Waals surface area contributed by atoms with Crippen molar-refractivity contribution in [2.45, 2.75) is 32.1 Å². The van der Waals surface area contributed by atoms with Crippen LogP contribution in [-0.2, 0) is 6.18 Å². The van der Waals surface area contributed by atoms with E-state index < -0.39 is 17.8 Å². The highest BCUT2D eigenvalue weighted by Gasteiger charge is 2.31. The van der Waals surface area contributed by atoms with Crippen LogP contribution in [0.1, 0.15) is 42.9 Å². The van der Waals surface area contributed by atoms with Crippen molar-refractivity contribution in [3.63, 3.8) is 0 Å². The molecule has 0 aromatic carbocycles. The minimum absolute atomic E-state index is 0.0757. The van der Waals surface area contributed by atoms with Gasteiger partial charge in [0.2, 0.25) is 0 Å². The average Bonchev–Trinajstić information content (AvgIpc) is 2.79. The number of hydrogen-bond donors (Lipinski definition) is 1. The van der Waals surface area contributed by atoms with Crippen molar-refractivity contribution >= 4 is 15.9 Å². The molecule has 4 nitrogen and oxygen atoms in total. The molecule has 2 N–H and O–H groups in total. The molecule has 0 aliphatic rings. The van der Waals surface area contributed by atoms with Crippen LogP contribution in [0.5, 0.6) is 0 Å². The fraction of sp³-hybridized carbons (Fsp3) is 0.385. The molecule has 2 aromatic rings. The average molecular weight is 363 g/mol. The normalized spacial score (nSPS) is 13.7. The molecule has 21 heavy (non-hydrogen) atoms. The molecule has 2 heterocycles. The Labute approximate surface area is 128 Å². The van der Waals surface area contributed by atoms with E-state index in [4.69, 9.17) is 5.73 Å². The van der Waals surface area contributed by atoms with E-state index in [1.807, 2.05) is 13.8 Å². The first-order valence-electron chi connectivity index (χ1n) is 6.23. The minimum Gasteiger partial charge on any atom is -0.318 e. The maximum Gasteiger partial charge on any atom is 0.417 e. The molecule has 114 valence electrons. The zero-order valence-electron chi connectivity index (χ0n) is 11.4. The zero-order valence-corrected chi connectivity index (χ0v) is 13.0. The summed E-state index contributed by atoms with van der Waals surface area (Å²) >= 11 is 3.36. The van der Waals surface area contributed by atoms with E-state index in [2.05, 4.69) is 26.0 Å². The predicted molar refractivity (Wildman–Crippen MR) is 75.6 cm³/mol. The third kappa shape index (κ3) is 3.26. The van der Waals surface area contributed by atoms with Gasteiger partial charge in [-0.15, -0.1) is 0 Å². The second-order valence-corrected chi connectivity index (χ2v) is 5.72. The molecular formula is C13H14BrF3N4. The van der Waals surface area contributed by atoms with Gasteiger partial charge in [-0.05, 0) is 41.9 Å². The summed E-state index contributed by atoms with van der Waals surface area (Å²) in [6.07, 6.45) is -2.01. The number of nitrogens with two attached hydrogens (primary N) is 1. The van der Waals surface area contributed by atoms with Crippen LogP contribution in [0.3, 0.4) is 0 Å². The van der Waals surface area contributed by atoms with Crippen LogP contribution in [-0.4, -0.2) is 14.8 Å². The second-order valence-electron chi connectivity index (χ2n) is 4.86. The van der Waals surface area contributed by atoms with Gasteiger partial charge >= 0.3 is 6.18 Å². The fourth-order valence-corrected chi connectivity index (χ4v) is 2.47. The highest BCUT2D eigenvalue weighted by atomic mass is 79.9. The summed E-state index contributed by atoms with van der Waals surface area (Å²) in [5.74, 6) is 0. The zero-order chi connectivity index (χ0) is 15.8. The van der Waals surface area contributed by atoms with Crippen LogP contribution in [0.25, 0.3) is 0 Å². The molecule has 0 bridgehead atoms. The van der Waals surface area contributed by atoms with Crippen LogP contribution >= 0.6 is 15.9 Å². The van der Waals surface area contributed by atoms with Gasteiger partial charge in [-0.3, -0.25) is 9.67 Å². The number of nitrogens with zero attached hydrogens (tertiary/aromatic N) is 3. The topological polar surface area (TPSA) is 56.7 Å². The summed E-state index contributed by atoms with van der Waals surface area (Å²) in [4.78, 5) is 3.84. The molecular weight excluding hydrogens is 349 g/mol. The van der Waals surface area contributed by atoms with E-state index in [0.29, 0.717) is 15.9 Å². The summed E-state index contributed by atoms with van der Waals surface area (Å²) in [6.45, 7) is 3.88. The first kappa shape index (κ1) is 16.0. The third-order valence-electron chi connectivity index (χ3n) is 3.00. The number of alkyl halides is 3. The highest BCUT2D eigenvalue weighted by Crippen LogP contribution is 2.31. The fourth-order valence-electron chi connectivity index (χ4n) is 1.95. The SMILES string of the molecule is CC(C)n1ncc(Br)c1C(N)c1ccc(C(F)(F)F)cn1. The summed E-state index contributed by atoms with van der Waals surface area (Å²) < 4.78 is 40.0.